The number of rotatable bonds is 4. The Bertz CT molecular complexity index is 891. The molecule has 8 heteroatoms. The highest BCUT2D eigenvalue weighted by Gasteiger charge is 2.30. The number of aryl methyl sites for hydroxylation is 1. The van der Waals surface area contributed by atoms with E-state index < -0.39 is 5.69 Å². The van der Waals surface area contributed by atoms with E-state index in [2.05, 4.69) is 19.9 Å². The van der Waals surface area contributed by atoms with Crippen LogP contribution >= 0.6 is 0 Å². The normalized spacial score (nSPS) is 19.5. The Morgan fingerprint density at radius 3 is 2.89 bits per heavy atom. The molecular weight excluding hydrogens is 346 g/mol. The number of ether oxygens (including phenoxy) is 1. The van der Waals surface area contributed by atoms with Crippen molar-refractivity contribution in [2.75, 3.05) is 31.1 Å². The minimum Gasteiger partial charge on any atom is -0.485 e. The Balaban J connectivity index is 1.44. The molecule has 2 aliphatic rings. The van der Waals surface area contributed by atoms with E-state index >= 15 is 0 Å². The first-order valence-electron chi connectivity index (χ1n) is 9.34. The van der Waals surface area contributed by atoms with Crippen molar-refractivity contribution in [1.82, 2.24) is 19.9 Å². The zero-order valence-corrected chi connectivity index (χ0v) is 15.4. The lowest BCUT2D eigenvalue weighted by Crippen LogP contribution is -2.33. The largest absolute Gasteiger partial charge is 0.485 e. The molecule has 0 aliphatic carbocycles. The van der Waals surface area contributed by atoms with Crippen molar-refractivity contribution < 1.29 is 9.53 Å². The van der Waals surface area contributed by atoms with Crippen LogP contribution in [0.4, 0.5) is 5.82 Å². The number of likely N-dealkylation sites (tertiary alicyclic amines) is 1. The molecule has 2 saturated heterocycles. The van der Waals surface area contributed by atoms with Crippen molar-refractivity contribution in [1.29, 1.82) is 0 Å². The van der Waals surface area contributed by atoms with Crippen molar-refractivity contribution in [3.8, 4) is 5.75 Å². The van der Waals surface area contributed by atoms with Gasteiger partial charge in [0.1, 0.15) is 11.8 Å². The fraction of sp³-hybridized carbons (Fsp3) is 0.474. The van der Waals surface area contributed by atoms with Gasteiger partial charge >= 0.3 is 5.69 Å². The average molecular weight is 369 g/mol. The second kappa shape index (κ2) is 7.38. The van der Waals surface area contributed by atoms with Crippen LogP contribution in [0.5, 0.6) is 5.75 Å². The molecule has 0 radical (unpaired) electrons. The van der Waals surface area contributed by atoms with Crippen LogP contribution in [-0.4, -0.2) is 58.0 Å². The molecule has 0 unspecified atom stereocenters. The first-order chi connectivity index (χ1) is 13.1. The molecule has 27 heavy (non-hydrogen) atoms. The van der Waals surface area contributed by atoms with Gasteiger partial charge in [0.15, 0.2) is 11.6 Å². The standard InChI is InChI=1S/C19H23N5O3/c1-13-11-15(22-19(26)21-13)18(25)24-10-6-14(12-24)27-16-5-4-7-20-17(16)23-8-2-3-9-23/h4-5,7,11,14H,2-3,6,8-10,12H2,1H3,(H,21,22,26)/t14-/m0/s1. The third kappa shape index (κ3) is 3.79. The number of amides is 1. The van der Waals surface area contributed by atoms with Gasteiger partial charge in [-0.05, 0) is 38.0 Å². The Morgan fingerprint density at radius 1 is 1.30 bits per heavy atom. The number of anilines is 1. The number of H-pyrrole nitrogens is 1. The molecule has 2 aliphatic heterocycles. The molecule has 1 N–H and O–H groups in total. The molecule has 0 aromatic carbocycles. The number of pyridine rings is 1. The van der Waals surface area contributed by atoms with E-state index in [0.717, 1.165) is 31.1 Å². The summed E-state index contributed by atoms with van der Waals surface area (Å²) in [5, 5.41) is 0. The van der Waals surface area contributed by atoms with Gasteiger partial charge in [0, 0.05) is 37.9 Å². The highest BCUT2D eigenvalue weighted by Crippen LogP contribution is 2.30. The van der Waals surface area contributed by atoms with Crippen LogP contribution in [0.25, 0.3) is 0 Å². The minimum absolute atomic E-state index is 0.0948. The number of carbonyl (C=O) groups is 1. The summed E-state index contributed by atoms with van der Waals surface area (Å²) in [6.07, 6.45) is 4.77. The quantitative estimate of drug-likeness (QED) is 0.875. The van der Waals surface area contributed by atoms with E-state index in [9.17, 15) is 9.59 Å². The second-order valence-corrected chi connectivity index (χ2v) is 7.05. The number of nitrogens with one attached hydrogen (secondary N) is 1. The van der Waals surface area contributed by atoms with E-state index in [4.69, 9.17) is 4.74 Å². The number of nitrogens with zero attached hydrogens (tertiary/aromatic N) is 4. The number of carbonyl (C=O) groups excluding carboxylic acids is 1. The molecule has 1 amide bonds. The molecule has 4 rings (SSSR count). The van der Waals surface area contributed by atoms with Crippen LogP contribution in [0.2, 0.25) is 0 Å². The lowest BCUT2D eigenvalue weighted by Gasteiger charge is -2.22. The van der Waals surface area contributed by atoms with Gasteiger partial charge < -0.3 is 19.5 Å². The van der Waals surface area contributed by atoms with Gasteiger partial charge in [-0.2, -0.15) is 4.98 Å². The molecular formula is C19H23N5O3. The molecule has 8 nitrogen and oxygen atoms in total. The van der Waals surface area contributed by atoms with E-state index in [1.54, 1.807) is 24.1 Å². The summed E-state index contributed by atoms with van der Waals surface area (Å²) < 4.78 is 6.20. The van der Waals surface area contributed by atoms with Crippen molar-refractivity contribution in [3.05, 3.63) is 46.3 Å². The predicted octanol–water partition coefficient (Wildman–Crippen LogP) is 1.37. The number of aromatic nitrogens is 3. The Labute approximate surface area is 157 Å². The smallest absolute Gasteiger partial charge is 0.345 e. The third-order valence-electron chi connectivity index (χ3n) is 4.98. The summed E-state index contributed by atoms with van der Waals surface area (Å²) in [5.41, 5.74) is 0.294. The zero-order valence-electron chi connectivity index (χ0n) is 15.4. The van der Waals surface area contributed by atoms with Gasteiger partial charge in [0.05, 0.1) is 6.54 Å². The van der Waals surface area contributed by atoms with Crippen LogP contribution in [0.15, 0.2) is 29.2 Å². The van der Waals surface area contributed by atoms with Crippen molar-refractivity contribution in [3.63, 3.8) is 0 Å². The highest BCUT2D eigenvalue weighted by molar-refractivity contribution is 5.92. The average Bonchev–Trinajstić information content (AvgIpc) is 3.33. The monoisotopic (exact) mass is 369 g/mol. The first kappa shape index (κ1) is 17.5. The molecule has 2 aromatic rings. The van der Waals surface area contributed by atoms with Crippen LogP contribution in [0.3, 0.4) is 0 Å². The van der Waals surface area contributed by atoms with E-state index in [1.165, 1.54) is 12.8 Å². The summed E-state index contributed by atoms with van der Waals surface area (Å²) in [7, 11) is 0. The maximum absolute atomic E-state index is 12.7. The SMILES string of the molecule is Cc1cc(C(=O)N2CC[C@H](Oc3cccnc3N3CCCC3)C2)nc(=O)[nH]1. The van der Waals surface area contributed by atoms with Crippen LogP contribution < -0.4 is 15.3 Å². The lowest BCUT2D eigenvalue weighted by atomic mass is 10.3. The zero-order chi connectivity index (χ0) is 18.8. The van der Waals surface area contributed by atoms with Gasteiger partial charge in [0.25, 0.3) is 5.91 Å². The topological polar surface area (TPSA) is 91.4 Å². The molecule has 0 saturated carbocycles. The van der Waals surface area contributed by atoms with Gasteiger partial charge in [-0.25, -0.2) is 9.78 Å². The fourth-order valence-electron chi connectivity index (χ4n) is 3.68. The van der Waals surface area contributed by atoms with Crippen LogP contribution in [0.1, 0.15) is 35.4 Å². The maximum atomic E-state index is 12.7. The summed E-state index contributed by atoms with van der Waals surface area (Å²) in [6, 6.07) is 5.41. The molecule has 4 heterocycles. The molecule has 0 bridgehead atoms. The van der Waals surface area contributed by atoms with E-state index in [0.29, 0.717) is 18.8 Å². The first-order valence-corrected chi connectivity index (χ1v) is 9.34. The molecule has 142 valence electrons. The number of hydrogen-bond donors (Lipinski definition) is 1. The Morgan fingerprint density at radius 2 is 2.11 bits per heavy atom. The Hall–Kier alpha value is -2.90. The second-order valence-electron chi connectivity index (χ2n) is 7.05. The van der Waals surface area contributed by atoms with Gasteiger partial charge in [0.2, 0.25) is 0 Å². The summed E-state index contributed by atoms with van der Waals surface area (Å²) in [6.45, 7) is 4.78. The maximum Gasteiger partial charge on any atom is 0.345 e. The van der Waals surface area contributed by atoms with Crippen LogP contribution in [0, 0.1) is 6.92 Å². The van der Waals surface area contributed by atoms with Crippen LogP contribution in [-0.2, 0) is 0 Å². The van der Waals surface area contributed by atoms with Gasteiger partial charge in [-0.1, -0.05) is 0 Å². The predicted molar refractivity (Wildman–Crippen MR) is 100 cm³/mol. The third-order valence-corrected chi connectivity index (χ3v) is 4.98. The minimum atomic E-state index is -0.504. The van der Waals surface area contributed by atoms with Crippen molar-refractivity contribution in [2.45, 2.75) is 32.3 Å². The summed E-state index contributed by atoms with van der Waals surface area (Å²) >= 11 is 0. The van der Waals surface area contributed by atoms with E-state index in [1.807, 2.05) is 12.1 Å². The highest BCUT2D eigenvalue weighted by atomic mass is 16.5. The number of aromatic amines is 1. The molecule has 2 aromatic heterocycles. The van der Waals surface area contributed by atoms with Crippen molar-refractivity contribution >= 4 is 11.7 Å². The number of hydrogen-bond acceptors (Lipinski definition) is 6. The molecule has 2 fully saturated rings. The lowest BCUT2D eigenvalue weighted by molar-refractivity contribution is 0.0766. The Kier molecular flexibility index (Phi) is 4.79. The van der Waals surface area contributed by atoms with Gasteiger partial charge in [-0.3, -0.25) is 4.79 Å². The molecule has 0 spiro atoms. The fourth-order valence-corrected chi connectivity index (χ4v) is 3.68. The van der Waals surface area contributed by atoms with Crippen molar-refractivity contribution in [2.24, 2.45) is 0 Å². The van der Waals surface area contributed by atoms with Gasteiger partial charge in [-0.15, -0.1) is 0 Å². The summed E-state index contributed by atoms with van der Waals surface area (Å²) in [4.78, 5) is 39.0. The molecule has 1 atom stereocenters. The van der Waals surface area contributed by atoms with E-state index in [-0.39, 0.29) is 17.7 Å². The summed E-state index contributed by atoms with van der Waals surface area (Å²) in [5.74, 6) is 1.41.